The maximum atomic E-state index is 6.22. The van der Waals surface area contributed by atoms with E-state index in [2.05, 4.69) is 34.5 Å². The van der Waals surface area contributed by atoms with E-state index in [9.17, 15) is 0 Å². The van der Waals surface area contributed by atoms with Gasteiger partial charge < -0.3 is 15.4 Å². The summed E-state index contributed by atoms with van der Waals surface area (Å²) in [6, 6.07) is 11.1. The zero-order chi connectivity index (χ0) is 14.8. The van der Waals surface area contributed by atoms with E-state index < -0.39 is 0 Å². The molecular formula is C17H22N2OS. The van der Waals surface area contributed by atoms with Crippen LogP contribution in [0.4, 0.5) is 5.69 Å². The van der Waals surface area contributed by atoms with Gasteiger partial charge in [0.05, 0.1) is 13.7 Å². The van der Waals surface area contributed by atoms with Gasteiger partial charge in [-0.05, 0) is 43.3 Å². The van der Waals surface area contributed by atoms with Crippen LogP contribution in [0, 0.1) is 0 Å². The second-order valence-corrected chi connectivity index (χ2v) is 6.65. The van der Waals surface area contributed by atoms with Crippen molar-refractivity contribution in [1.29, 1.82) is 0 Å². The lowest BCUT2D eigenvalue weighted by Gasteiger charge is -2.29. The standard InChI is InChI=1S/C17H22N2OS/c1-12(18)17-15(6-3-7-16(17)20-2)19(13-8-9-13)11-14-5-4-10-21-14/h3-7,10,12-13H,8-9,11,18H2,1-2H3. The summed E-state index contributed by atoms with van der Waals surface area (Å²) >= 11 is 1.81. The van der Waals surface area contributed by atoms with Crippen LogP contribution in [0.2, 0.25) is 0 Å². The summed E-state index contributed by atoms with van der Waals surface area (Å²) in [4.78, 5) is 3.88. The molecule has 0 bridgehead atoms. The van der Waals surface area contributed by atoms with Gasteiger partial charge in [-0.2, -0.15) is 0 Å². The van der Waals surface area contributed by atoms with Crippen LogP contribution in [-0.2, 0) is 6.54 Å². The Morgan fingerprint density at radius 2 is 2.14 bits per heavy atom. The fraction of sp³-hybridized carbons (Fsp3) is 0.412. The van der Waals surface area contributed by atoms with Gasteiger partial charge in [-0.1, -0.05) is 12.1 Å². The molecule has 1 saturated carbocycles. The fourth-order valence-corrected chi connectivity index (χ4v) is 3.49. The Bertz CT molecular complexity index is 591. The van der Waals surface area contributed by atoms with Gasteiger partial charge >= 0.3 is 0 Å². The molecule has 0 saturated heterocycles. The van der Waals surface area contributed by atoms with Crippen molar-refractivity contribution in [1.82, 2.24) is 0 Å². The van der Waals surface area contributed by atoms with Crippen molar-refractivity contribution in [3.05, 3.63) is 46.2 Å². The van der Waals surface area contributed by atoms with E-state index in [1.807, 2.05) is 24.3 Å². The van der Waals surface area contributed by atoms with Crippen LogP contribution in [0.3, 0.4) is 0 Å². The van der Waals surface area contributed by atoms with Crippen LogP contribution in [-0.4, -0.2) is 13.2 Å². The van der Waals surface area contributed by atoms with Crippen LogP contribution >= 0.6 is 11.3 Å². The molecule has 1 fully saturated rings. The lowest BCUT2D eigenvalue weighted by molar-refractivity contribution is 0.407. The molecule has 0 spiro atoms. The molecule has 4 heteroatoms. The SMILES string of the molecule is COc1cccc(N(Cc2cccs2)C2CC2)c1C(C)N. The topological polar surface area (TPSA) is 38.5 Å². The van der Waals surface area contributed by atoms with Gasteiger partial charge in [0.25, 0.3) is 0 Å². The highest BCUT2D eigenvalue weighted by Gasteiger charge is 2.31. The van der Waals surface area contributed by atoms with Gasteiger partial charge in [0.1, 0.15) is 5.75 Å². The zero-order valence-electron chi connectivity index (χ0n) is 12.6. The van der Waals surface area contributed by atoms with Gasteiger partial charge in [0.2, 0.25) is 0 Å². The van der Waals surface area contributed by atoms with Crippen molar-refractivity contribution in [2.75, 3.05) is 12.0 Å². The molecule has 0 aliphatic heterocycles. The van der Waals surface area contributed by atoms with Crippen molar-refractivity contribution in [2.45, 2.75) is 38.4 Å². The van der Waals surface area contributed by atoms with Crippen molar-refractivity contribution < 1.29 is 4.74 Å². The molecule has 1 aliphatic rings. The number of ether oxygens (including phenoxy) is 1. The Labute approximate surface area is 130 Å². The number of nitrogens with zero attached hydrogens (tertiary/aromatic N) is 1. The van der Waals surface area contributed by atoms with Crippen molar-refractivity contribution in [3.8, 4) is 5.75 Å². The van der Waals surface area contributed by atoms with E-state index in [-0.39, 0.29) is 6.04 Å². The van der Waals surface area contributed by atoms with E-state index in [0.717, 1.165) is 17.9 Å². The Kier molecular flexibility index (Phi) is 4.17. The molecule has 2 N–H and O–H groups in total. The first-order valence-corrected chi connectivity index (χ1v) is 8.30. The third kappa shape index (κ3) is 3.06. The molecule has 3 nitrogen and oxygen atoms in total. The molecule has 1 unspecified atom stereocenters. The normalized spacial score (nSPS) is 15.8. The predicted octanol–water partition coefficient (Wildman–Crippen LogP) is 3.95. The minimum absolute atomic E-state index is 0.0410. The van der Waals surface area contributed by atoms with Gasteiger partial charge in [-0.25, -0.2) is 0 Å². The molecule has 0 radical (unpaired) electrons. The first kappa shape index (κ1) is 14.4. The summed E-state index contributed by atoms with van der Waals surface area (Å²) in [5, 5.41) is 2.14. The number of thiophene rings is 1. The highest BCUT2D eigenvalue weighted by atomic mass is 32.1. The Hall–Kier alpha value is -1.52. The predicted molar refractivity (Wildman–Crippen MR) is 89.1 cm³/mol. The Morgan fingerprint density at radius 3 is 2.71 bits per heavy atom. The molecule has 3 rings (SSSR count). The summed E-state index contributed by atoms with van der Waals surface area (Å²) in [6.07, 6.45) is 2.53. The van der Waals surface area contributed by atoms with Crippen molar-refractivity contribution in [2.24, 2.45) is 5.73 Å². The van der Waals surface area contributed by atoms with E-state index in [4.69, 9.17) is 10.5 Å². The van der Waals surface area contributed by atoms with Crippen LogP contribution in [0.25, 0.3) is 0 Å². The first-order chi connectivity index (χ1) is 10.2. The molecule has 0 amide bonds. The molecular weight excluding hydrogens is 280 g/mol. The van der Waals surface area contributed by atoms with E-state index in [0.29, 0.717) is 6.04 Å². The molecule has 1 aromatic carbocycles. The summed E-state index contributed by atoms with van der Waals surface area (Å²) in [5.41, 5.74) is 8.56. The molecule has 112 valence electrons. The fourth-order valence-electron chi connectivity index (χ4n) is 2.79. The van der Waals surface area contributed by atoms with Gasteiger partial charge in [0, 0.05) is 28.2 Å². The van der Waals surface area contributed by atoms with Crippen molar-refractivity contribution >= 4 is 17.0 Å². The van der Waals surface area contributed by atoms with Gasteiger partial charge in [-0.15, -0.1) is 11.3 Å². The molecule has 2 aromatic rings. The third-order valence-corrected chi connectivity index (χ3v) is 4.78. The second kappa shape index (κ2) is 6.08. The highest BCUT2D eigenvalue weighted by molar-refractivity contribution is 7.09. The summed E-state index contributed by atoms with van der Waals surface area (Å²) < 4.78 is 5.53. The monoisotopic (exact) mass is 302 g/mol. The molecule has 1 heterocycles. The number of benzene rings is 1. The first-order valence-electron chi connectivity index (χ1n) is 7.42. The minimum atomic E-state index is -0.0410. The zero-order valence-corrected chi connectivity index (χ0v) is 13.4. The number of rotatable bonds is 6. The summed E-state index contributed by atoms with van der Waals surface area (Å²) in [7, 11) is 1.71. The maximum absolute atomic E-state index is 6.22. The van der Waals surface area contributed by atoms with E-state index in [1.54, 1.807) is 7.11 Å². The second-order valence-electron chi connectivity index (χ2n) is 5.62. The smallest absolute Gasteiger partial charge is 0.125 e. The maximum Gasteiger partial charge on any atom is 0.125 e. The average molecular weight is 302 g/mol. The molecule has 1 atom stereocenters. The number of hydrogen-bond donors (Lipinski definition) is 1. The van der Waals surface area contributed by atoms with E-state index >= 15 is 0 Å². The van der Waals surface area contributed by atoms with Crippen LogP contribution in [0.15, 0.2) is 35.7 Å². The highest BCUT2D eigenvalue weighted by Crippen LogP contribution is 2.40. The number of nitrogens with two attached hydrogens (primary N) is 1. The van der Waals surface area contributed by atoms with Crippen molar-refractivity contribution in [3.63, 3.8) is 0 Å². The summed E-state index contributed by atoms with van der Waals surface area (Å²) in [6.45, 7) is 2.98. The largest absolute Gasteiger partial charge is 0.496 e. The van der Waals surface area contributed by atoms with Crippen LogP contribution < -0.4 is 15.4 Å². The van der Waals surface area contributed by atoms with E-state index in [1.165, 1.54) is 23.4 Å². The van der Waals surface area contributed by atoms with Crippen LogP contribution in [0.1, 0.15) is 36.2 Å². The molecule has 21 heavy (non-hydrogen) atoms. The Morgan fingerprint density at radius 1 is 1.33 bits per heavy atom. The van der Waals surface area contributed by atoms with Gasteiger partial charge in [-0.3, -0.25) is 0 Å². The number of methoxy groups -OCH3 is 1. The molecule has 1 aliphatic carbocycles. The summed E-state index contributed by atoms with van der Waals surface area (Å²) in [5.74, 6) is 0.888. The van der Waals surface area contributed by atoms with Gasteiger partial charge in [0.15, 0.2) is 0 Å². The minimum Gasteiger partial charge on any atom is -0.496 e. The average Bonchev–Trinajstić information content (AvgIpc) is 3.20. The van der Waals surface area contributed by atoms with Crippen LogP contribution in [0.5, 0.6) is 5.75 Å². The molecule has 1 aromatic heterocycles. The number of hydrogen-bond acceptors (Lipinski definition) is 4. The Balaban J connectivity index is 1.99. The lowest BCUT2D eigenvalue weighted by Crippen LogP contribution is -2.27. The third-order valence-electron chi connectivity index (χ3n) is 3.92. The number of anilines is 1. The quantitative estimate of drug-likeness (QED) is 0.878. The lowest BCUT2D eigenvalue weighted by atomic mass is 10.0.